The minimum absolute atomic E-state index is 0.0783. The molecule has 2 amide bonds. The standard InChI is InChI=1S/C21H24ClN3O4S/c1-2-3-10-23-30(28,29)19-9-5-7-17(13-19)24-21(27)15-11-20(26)25(14-15)18-8-4-6-16(22)12-18/h4-9,12-13,15,23H,2-3,10-11,14H2,1H3,(H,24,27). The molecule has 2 N–H and O–H groups in total. The fourth-order valence-corrected chi connectivity index (χ4v) is 4.53. The third-order valence-corrected chi connectivity index (χ3v) is 6.54. The molecular weight excluding hydrogens is 426 g/mol. The van der Waals surface area contributed by atoms with Crippen LogP contribution in [0.4, 0.5) is 11.4 Å². The number of benzene rings is 2. The normalized spacial score (nSPS) is 16.7. The van der Waals surface area contributed by atoms with Crippen LogP contribution in [0.3, 0.4) is 0 Å². The number of hydrogen-bond acceptors (Lipinski definition) is 4. The fourth-order valence-electron chi connectivity index (χ4n) is 3.23. The second kappa shape index (κ2) is 9.59. The number of amides is 2. The number of carbonyl (C=O) groups is 2. The first-order valence-electron chi connectivity index (χ1n) is 9.76. The summed E-state index contributed by atoms with van der Waals surface area (Å²) in [7, 11) is -3.64. The van der Waals surface area contributed by atoms with Gasteiger partial charge in [-0.15, -0.1) is 0 Å². The third kappa shape index (κ3) is 5.38. The van der Waals surface area contributed by atoms with Gasteiger partial charge in [0, 0.05) is 35.9 Å². The van der Waals surface area contributed by atoms with Crippen LogP contribution >= 0.6 is 11.6 Å². The summed E-state index contributed by atoms with van der Waals surface area (Å²) in [6.45, 7) is 2.58. The number of rotatable bonds is 8. The molecule has 1 atom stereocenters. The summed E-state index contributed by atoms with van der Waals surface area (Å²) in [5, 5.41) is 3.24. The van der Waals surface area contributed by atoms with Crippen molar-refractivity contribution in [3.8, 4) is 0 Å². The van der Waals surface area contributed by atoms with Crippen molar-refractivity contribution in [2.45, 2.75) is 31.1 Å². The van der Waals surface area contributed by atoms with Crippen LogP contribution in [-0.4, -0.2) is 33.3 Å². The summed E-state index contributed by atoms with van der Waals surface area (Å²) < 4.78 is 27.3. The molecule has 0 radical (unpaired) electrons. The number of carbonyl (C=O) groups excluding carboxylic acids is 2. The molecule has 3 rings (SSSR count). The smallest absolute Gasteiger partial charge is 0.240 e. The molecule has 2 aromatic carbocycles. The topological polar surface area (TPSA) is 95.6 Å². The molecule has 1 aliphatic rings. The van der Waals surface area contributed by atoms with Gasteiger partial charge >= 0.3 is 0 Å². The van der Waals surface area contributed by atoms with Gasteiger partial charge in [0.05, 0.1) is 10.8 Å². The van der Waals surface area contributed by atoms with Crippen LogP contribution in [0.25, 0.3) is 0 Å². The van der Waals surface area contributed by atoms with Crippen LogP contribution in [0.15, 0.2) is 53.4 Å². The molecular formula is C21H24ClN3O4S. The number of hydrogen-bond donors (Lipinski definition) is 2. The Balaban J connectivity index is 1.67. The zero-order chi connectivity index (χ0) is 21.7. The predicted molar refractivity (Wildman–Crippen MR) is 117 cm³/mol. The Hall–Kier alpha value is -2.42. The van der Waals surface area contributed by atoms with E-state index in [4.69, 9.17) is 11.6 Å². The van der Waals surface area contributed by atoms with Crippen LogP contribution in [-0.2, 0) is 19.6 Å². The Morgan fingerprint density at radius 2 is 1.97 bits per heavy atom. The molecule has 30 heavy (non-hydrogen) atoms. The summed E-state index contributed by atoms with van der Waals surface area (Å²) in [5.74, 6) is -1.03. The second-order valence-corrected chi connectivity index (χ2v) is 9.36. The molecule has 1 fully saturated rings. The van der Waals surface area contributed by atoms with Crippen molar-refractivity contribution >= 4 is 44.8 Å². The SMILES string of the molecule is CCCCNS(=O)(=O)c1cccc(NC(=O)C2CC(=O)N(c3cccc(Cl)c3)C2)c1. The van der Waals surface area contributed by atoms with Gasteiger partial charge in [0.15, 0.2) is 0 Å². The number of nitrogens with zero attached hydrogens (tertiary/aromatic N) is 1. The predicted octanol–water partition coefficient (Wildman–Crippen LogP) is 3.41. The maximum atomic E-state index is 12.7. The van der Waals surface area contributed by atoms with Gasteiger partial charge in [-0.2, -0.15) is 0 Å². The van der Waals surface area contributed by atoms with Crippen molar-refractivity contribution < 1.29 is 18.0 Å². The maximum Gasteiger partial charge on any atom is 0.240 e. The van der Waals surface area contributed by atoms with Gasteiger partial charge in [0.25, 0.3) is 0 Å². The van der Waals surface area contributed by atoms with Crippen molar-refractivity contribution in [3.63, 3.8) is 0 Å². The van der Waals surface area contributed by atoms with E-state index >= 15 is 0 Å². The van der Waals surface area contributed by atoms with E-state index in [9.17, 15) is 18.0 Å². The first-order chi connectivity index (χ1) is 14.3. The van der Waals surface area contributed by atoms with E-state index in [1.807, 2.05) is 6.92 Å². The van der Waals surface area contributed by atoms with E-state index in [-0.39, 0.29) is 29.7 Å². The van der Waals surface area contributed by atoms with E-state index in [0.29, 0.717) is 22.9 Å². The lowest BCUT2D eigenvalue weighted by molar-refractivity contribution is -0.122. The highest BCUT2D eigenvalue weighted by Gasteiger charge is 2.35. The molecule has 9 heteroatoms. The lowest BCUT2D eigenvalue weighted by Gasteiger charge is -2.17. The van der Waals surface area contributed by atoms with Crippen LogP contribution in [0.2, 0.25) is 5.02 Å². The lowest BCUT2D eigenvalue weighted by Crippen LogP contribution is -2.28. The molecule has 0 aromatic heterocycles. The molecule has 1 unspecified atom stereocenters. The highest BCUT2D eigenvalue weighted by atomic mass is 35.5. The average molecular weight is 450 g/mol. The largest absolute Gasteiger partial charge is 0.326 e. The Morgan fingerprint density at radius 1 is 1.20 bits per heavy atom. The molecule has 2 aromatic rings. The van der Waals surface area contributed by atoms with Crippen LogP contribution in [0.5, 0.6) is 0 Å². The van der Waals surface area contributed by atoms with E-state index in [1.54, 1.807) is 36.4 Å². The van der Waals surface area contributed by atoms with Crippen LogP contribution in [0.1, 0.15) is 26.2 Å². The van der Waals surface area contributed by atoms with Crippen molar-refractivity contribution in [1.82, 2.24) is 4.72 Å². The monoisotopic (exact) mass is 449 g/mol. The highest BCUT2D eigenvalue weighted by Crippen LogP contribution is 2.28. The van der Waals surface area contributed by atoms with Crippen LogP contribution < -0.4 is 14.9 Å². The molecule has 7 nitrogen and oxygen atoms in total. The Labute approximate surface area is 181 Å². The Bertz CT molecular complexity index is 1040. The van der Waals surface area contributed by atoms with Gasteiger partial charge < -0.3 is 10.2 Å². The number of sulfonamides is 1. The first kappa shape index (κ1) is 22.3. The summed E-state index contributed by atoms with van der Waals surface area (Å²) in [5.41, 5.74) is 1.01. The van der Waals surface area contributed by atoms with E-state index in [1.165, 1.54) is 17.0 Å². The van der Waals surface area contributed by atoms with E-state index in [2.05, 4.69) is 10.0 Å². The Morgan fingerprint density at radius 3 is 2.70 bits per heavy atom. The first-order valence-corrected chi connectivity index (χ1v) is 11.6. The molecule has 160 valence electrons. The van der Waals surface area contributed by atoms with Crippen molar-refractivity contribution in [3.05, 3.63) is 53.6 Å². The minimum atomic E-state index is -3.64. The maximum absolute atomic E-state index is 12.7. The lowest BCUT2D eigenvalue weighted by atomic mass is 10.1. The minimum Gasteiger partial charge on any atom is -0.326 e. The van der Waals surface area contributed by atoms with E-state index in [0.717, 1.165) is 12.8 Å². The second-order valence-electron chi connectivity index (χ2n) is 7.15. The van der Waals surface area contributed by atoms with Gasteiger partial charge in [0.1, 0.15) is 0 Å². The van der Waals surface area contributed by atoms with Crippen LogP contribution in [0, 0.1) is 5.92 Å². The number of halogens is 1. The van der Waals surface area contributed by atoms with Gasteiger partial charge in [-0.05, 0) is 42.8 Å². The summed E-state index contributed by atoms with van der Waals surface area (Å²) in [6.07, 6.45) is 1.70. The van der Waals surface area contributed by atoms with Gasteiger partial charge in [0.2, 0.25) is 21.8 Å². The zero-order valence-electron chi connectivity index (χ0n) is 16.6. The average Bonchev–Trinajstić information content (AvgIpc) is 3.10. The molecule has 0 bridgehead atoms. The zero-order valence-corrected chi connectivity index (χ0v) is 18.2. The summed E-state index contributed by atoms with van der Waals surface area (Å²) >= 11 is 6.00. The molecule has 1 saturated heterocycles. The summed E-state index contributed by atoms with van der Waals surface area (Å²) in [4.78, 5) is 26.7. The van der Waals surface area contributed by atoms with Crippen molar-refractivity contribution in [2.75, 3.05) is 23.3 Å². The molecule has 0 spiro atoms. The molecule has 1 aliphatic heterocycles. The van der Waals surface area contributed by atoms with Gasteiger partial charge in [-0.25, -0.2) is 13.1 Å². The van der Waals surface area contributed by atoms with Gasteiger partial charge in [-0.1, -0.05) is 37.1 Å². The molecule has 1 heterocycles. The number of nitrogens with one attached hydrogen (secondary N) is 2. The Kier molecular flexibility index (Phi) is 7.12. The van der Waals surface area contributed by atoms with Crippen molar-refractivity contribution in [2.24, 2.45) is 5.92 Å². The van der Waals surface area contributed by atoms with Crippen molar-refractivity contribution in [1.29, 1.82) is 0 Å². The summed E-state index contributed by atoms with van der Waals surface area (Å²) in [6, 6.07) is 13.0. The number of anilines is 2. The molecule has 0 saturated carbocycles. The number of unbranched alkanes of at least 4 members (excludes halogenated alkanes) is 1. The quantitative estimate of drug-likeness (QED) is 0.603. The fraction of sp³-hybridized carbons (Fsp3) is 0.333. The third-order valence-electron chi connectivity index (χ3n) is 4.85. The highest BCUT2D eigenvalue weighted by molar-refractivity contribution is 7.89. The molecule has 0 aliphatic carbocycles. The van der Waals surface area contributed by atoms with E-state index < -0.39 is 15.9 Å². The van der Waals surface area contributed by atoms with Gasteiger partial charge in [-0.3, -0.25) is 9.59 Å².